The number of sulfonamides is 1. The van der Waals surface area contributed by atoms with Gasteiger partial charge in [0.2, 0.25) is 10.0 Å². The van der Waals surface area contributed by atoms with E-state index in [0.717, 1.165) is 31.7 Å². The molecule has 0 radical (unpaired) electrons. The van der Waals surface area contributed by atoms with Crippen LogP contribution in [-0.2, 0) is 10.0 Å². The van der Waals surface area contributed by atoms with Gasteiger partial charge in [-0.1, -0.05) is 0 Å². The molecule has 6 heteroatoms. The molecule has 118 valence electrons. The Labute approximate surface area is 127 Å². The quantitative estimate of drug-likeness (QED) is 0.840. The molecule has 1 aliphatic rings. The summed E-state index contributed by atoms with van der Waals surface area (Å²) >= 11 is 0. The summed E-state index contributed by atoms with van der Waals surface area (Å²) in [5.41, 5.74) is 0. The van der Waals surface area contributed by atoms with Crippen LogP contribution < -0.4 is 14.8 Å². The number of hydrogen-bond donors (Lipinski definition) is 2. The number of rotatable bonds is 6. The first kappa shape index (κ1) is 16.3. The largest absolute Gasteiger partial charge is 0.493 e. The van der Waals surface area contributed by atoms with Gasteiger partial charge >= 0.3 is 0 Å². The van der Waals surface area contributed by atoms with Crippen molar-refractivity contribution in [2.75, 3.05) is 19.7 Å². The van der Waals surface area contributed by atoms with Crippen LogP contribution in [0, 0.1) is 5.92 Å². The molecule has 1 aromatic carbocycles. The van der Waals surface area contributed by atoms with Crippen molar-refractivity contribution < 1.29 is 13.2 Å². The molecule has 0 saturated carbocycles. The Bertz CT molecular complexity index is 535. The first-order valence-electron chi connectivity index (χ1n) is 7.43. The Morgan fingerprint density at radius 3 is 2.43 bits per heavy atom. The van der Waals surface area contributed by atoms with Crippen molar-refractivity contribution in [1.82, 2.24) is 10.0 Å². The smallest absolute Gasteiger partial charge is 0.240 e. The van der Waals surface area contributed by atoms with Gasteiger partial charge in [-0.2, -0.15) is 0 Å². The molecule has 1 saturated heterocycles. The van der Waals surface area contributed by atoms with E-state index in [4.69, 9.17) is 4.74 Å². The summed E-state index contributed by atoms with van der Waals surface area (Å²) in [4.78, 5) is 0.269. The van der Waals surface area contributed by atoms with Gasteiger partial charge in [0.05, 0.1) is 11.5 Å². The summed E-state index contributed by atoms with van der Waals surface area (Å²) in [6.45, 7) is 6.39. The van der Waals surface area contributed by atoms with Crippen molar-refractivity contribution in [3.05, 3.63) is 24.3 Å². The lowest BCUT2D eigenvalue weighted by Crippen LogP contribution is -2.30. The van der Waals surface area contributed by atoms with Crippen molar-refractivity contribution in [3.8, 4) is 5.75 Å². The van der Waals surface area contributed by atoms with E-state index in [1.165, 1.54) is 0 Å². The van der Waals surface area contributed by atoms with Crippen LogP contribution in [0.4, 0.5) is 0 Å². The Morgan fingerprint density at radius 1 is 1.24 bits per heavy atom. The zero-order valence-electron chi connectivity index (χ0n) is 12.6. The minimum absolute atomic E-state index is 0.120. The molecule has 2 N–H and O–H groups in total. The fourth-order valence-electron chi connectivity index (χ4n) is 2.36. The third kappa shape index (κ3) is 4.98. The van der Waals surface area contributed by atoms with E-state index in [9.17, 15) is 8.42 Å². The van der Waals surface area contributed by atoms with Gasteiger partial charge in [0.15, 0.2) is 0 Å². The maximum Gasteiger partial charge on any atom is 0.240 e. The average Bonchev–Trinajstić information content (AvgIpc) is 2.45. The zero-order valence-corrected chi connectivity index (χ0v) is 13.4. The number of benzene rings is 1. The van der Waals surface area contributed by atoms with Crippen LogP contribution >= 0.6 is 0 Å². The van der Waals surface area contributed by atoms with E-state index < -0.39 is 10.0 Å². The molecule has 0 unspecified atom stereocenters. The first-order valence-corrected chi connectivity index (χ1v) is 8.91. The molecule has 0 amide bonds. The lowest BCUT2D eigenvalue weighted by Gasteiger charge is -2.22. The summed E-state index contributed by atoms with van der Waals surface area (Å²) < 4.78 is 32.3. The van der Waals surface area contributed by atoms with E-state index in [2.05, 4.69) is 10.0 Å². The van der Waals surface area contributed by atoms with Gasteiger partial charge < -0.3 is 10.1 Å². The first-order chi connectivity index (χ1) is 9.97. The second kappa shape index (κ2) is 7.24. The molecule has 5 nitrogen and oxygen atoms in total. The van der Waals surface area contributed by atoms with E-state index in [1.807, 2.05) is 0 Å². The zero-order chi connectivity index (χ0) is 15.3. The fraction of sp³-hybridized carbons (Fsp3) is 0.600. The Morgan fingerprint density at radius 2 is 1.86 bits per heavy atom. The van der Waals surface area contributed by atoms with Crippen LogP contribution in [0.1, 0.15) is 26.7 Å². The highest BCUT2D eigenvalue weighted by molar-refractivity contribution is 7.89. The Hall–Kier alpha value is -1.11. The van der Waals surface area contributed by atoms with Crippen LogP contribution in [0.25, 0.3) is 0 Å². The summed E-state index contributed by atoms with van der Waals surface area (Å²) in [6.07, 6.45) is 2.26. The molecule has 1 heterocycles. The lowest BCUT2D eigenvalue weighted by molar-refractivity contribution is 0.215. The number of ether oxygens (including phenoxy) is 1. The lowest BCUT2D eigenvalue weighted by atomic mass is 9.99. The summed E-state index contributed by atoms with van der Waals surface area (Å²) in [5, 5.41) is 3.32. The summed E-state index contributed by atoms with van der Waals surface area (Å²) in [5.74, 6) is 1.30. The highest BCUT2D eigenvalue weighted by Crippen LogP contribution is 2.19. The summed E-state index contributed by atoms with van der Waals surface area (Å²) in [6, 6.07) is 6.49. The van der Waals surface area contributed by atoms with E-state index in [0.29, 0.717) is 12.5 Å². The van der Waals surface area contributed by atoms with Crippen molar-refractivity contribution in [1.29, 1.82) is 0 Å². The molecular formula is C15H24N2O3S. The SMILES string of the molecule is CC(C)NS(=O)(=O)c1ccc(OCC2CCNCC2)cc1. The fourth-order valence-corrected chi connectivity index (χ4v) is 3.61. The van der Waals surface area contributed by atoms with Gasteiger partial charge in [0.25, 0.3) is 0 Å². The topological polar surface area (TPSA) is 67.4 Å². The summed E-state index contributed by atoms with van der Waals surface area (Å²) in [7, 11) is -3.43. The van der Waals surface area contributed by atoms with Crippen LogP contribution in [0.2, 0.25) is 0 Å². The molecule has 0 aromatic heterocycles. The molecule has 21 heavy (non-hydrogen) atoms. The minimum Gasteiger partial charge on any atom is -0.493 e. The molecule has 0 aliphatic carbocycles. The van der Waals surface area contributed by atoms with Gasteiger partial charge in [-0.15, -0.1) is 0 Å². The minimum atomic E-state index is -3.43. The maximum absolute atomic E-state index is 12.0. The maximum atomic E-state index is 12.0. The molecular weight excluding hydrogens is 288 g/mol. The second-order valence-electron chi connectivity index (χ2n) is 5.75. The van der Waals surface area contributed by atoms with Crippen molar-refractivity contribution in [2.24, 2.45) is 5.92 Å². The van der Waals surface area contributed by atoms with Crippen LogP contribution in [-0.4, -0.2) is 34.2 Å². The average molecular weight is 312 g/mol. The molecule has 1 aromatic rings. The molecule has 0 atom stereocenters. The molecule has 1 fully saturated rings. The van der Waals surface area contributed by atoms with Crippen LogP contribution in [0.3, 0.4) is 0 Å². The third-order valence-corrected chi connectivity index (χ3v) is 5.14. The van der Waals surface area contributed by atoms with Crippen LogP contribution in [0.15, 0.2) is 29.2 Å². The van der Waals surface area contributed by atoms with Crippen molar-refractivity contribution >= 4 is 10.0 Å². The molecule has 1 aliphatic heterocycles. The van der Waals surface area contributed by atoms with Gasteiger partial charge in [0, 0.05) is 6.04 Å². The van der Waals surface area contributed by atoms with Gasteiger partial charge in [-0.05, 0) is 70.0 Å². The van der Waals surface area contributed by atoms with E-state index >= 15 is 0 Å². The van der Waals surface area contributed by atoms with Gasteiger partial charge in [0.1, 0.15) is 5.75 Å². The third-order valence-electron chi connectivity index (χ3n) is 3.47. The normalized spacial score (nSPS) is 17.1. The van der Waals surface area contributed by atoms with Crippen molar-refractivity contribution in [3.63, 3.8) is 0 Å². The highest BCUT2D eigenvalue weighted by atomic mass is 32.2. The standard InChI is InChI=1S/C15H24N2O3S/c1-12(2)17-21(18,19)15-5-3-14(4-6-15)20-11-13-7-9-16-10-8-13/h3-6,12-13,16-17H,7-11H2,1-2H3. The van der Waals surface area contributed by atoms with E-state index in [1.54, 1.807) is 38.1 Å². The monoisotopic (exact) mass is 312 g/mol. The Balaban J connectivity index is 1.92. The van der Waals surface area contributed by atoms with Crippen molar-refractivity contribution in [2.45, 2.75) is 37.6 Å². The van der Waals surface area contributed by atoms with Gasteiger partial charge in [-0.3, -0.25) is 0 Å². The second-order valence-corrected chi connectivity index (χ2v) is 7.47. The highest BCUT2D eigenvalue weighted by Gasteiger charge is 2.16. The van der Waals surface area contributed by atoms with Crippen LogP contribution in [0.5, 0.6) is 5.75 Å². The predicted octanol–water partition coefficient (Wildman–Crippen LogP) is 1.75. The molecule has 0 bridgehead atoms. The number of piperidine rings is 1. The number of nitrogens with one attached hydrogen (secondary N) is 2. The van der Waals surface area contributed by atoms with E-state index in [-0.39, 0.29) is 10.9 Å². The Kier molecular flexibility index (Phi) is 5.61. The molecule has 2 rings (SSSR count). The van der Waals surface area contributed by atoms with Gasteiger partial charge in [-0.25, -0.2) is 13.1 Å². The number of hydrogen-bond acceptors (Lipinski definition) is 4. The molecule has 0 spiro atoms. The predicted molar refractivity (Wildman–Crippen MR) is 83.0 cm³/mol.